The molecule has 0 saturated heterocycles. The number of hydrogen-bond acceptors (Lipinski definition) is 9. The minimum atomic E-state index is -4.87. The quantitative estimate of drug-likeness (QED) is 0.233. The predicted octanol–water partition coefficient (Wildman–Crippen LogP) is 5.84. The van der Waals surface area contributed by atoms with Crippen molar-refractivity contribution in [3.63, 3.8) is 0 Å². The van der Waals surface area contributed by atoms with Crippen LogP contribution >= 0.6 is 11.3 Å². The molecular weight excluding hydrogens is 565 g/mol. The molecule has 0 bridgehead atoms. The van der Waals surface area contributed by atoms with E-state index >= 15 is 0 Å². The van der Waals surface area contributed by atoms with Crippen LogP contribution in [0.3, 0.4) is 0 Å². The summed E-state index contributed by atoms with van der Waals surface area (Å²) in [7, 11) is -4.68. The van der Waals surface area contributed by atoms with Gasteiger partial charge in [0.2, 0.25) is 21.9 Å². The van der Waals surface area contributed by atoms with Crippen LogP contribution in [-0.2, 0) is 10.0 Å². The second-order valence-electron chi connectivity index (χ2n) is 9.70. The molecule has 0 aliphatic heterocycles. The van der Waals surface area contributed by atoms with Gasteiger partial charge in [0.05, 0.1) is 16.9 Å². The van der Waals surface area contributed by atoms with Crippen LogP contribution in [0.4, 0.5) is 24.8 Å². The number of aromatic nitrogens is 3. The molecule has 40 heavy (non-hydrogen) atoms. The van der Waals surface area contributed by atoms with E-state index in [4.69, 9.17) is 10.5 Å². The van der Waals surface area contributed by atoms with Gasteiger partial charge in [0, 0.05) is 29.1 Å². The lowest BCUT2D eigenvalue weighted by molar-refractivity contribution is -0.106. The standard InChI is InChI=1S/C26H27F3N6O3S2/c1-15-12-21(35-40(36,37)13-26(27,28)29)18-4-2-3-5-19(18)22(15)38-24-23(39-14-32-24)20-10-11-31-25(34-20)33-17-8-6-16(30)7-9-17/h2-5,10-12,14,16-17,35H,6-9,13,30H2,1H3,(H,31,33,34). The SMILES string of the molecule is Cc1cc(NS(=O)(=O)CC(F)(F)F)c2ccccc2c1Oc1ncsc1-c1ccnc(NC2CCC(N)CC2)n1. The largest absolute Gasteiger partial charge is 0.437 e. The number of nitrogens with zero attached hydrogens (tertiary/aromatic N) is 3. The Hall–Kier alpha value is -3.49. The molecule has 0 unspecified atom stereocenters. The number of alkyl halides is 3. The Kier molecular flexibility index (Phi) is 7.84. The molecule has 1 aliphatic carbocycles. The molecule has 5 rings (SSSR count). The summed E-state index contributed by atoms with van der Waals surface area (Å²) in [5, 5.41) is 4.27. The second kappa shape index (κ2) is 11.2. The maximum absolute atomic E-state index is 12.8. The third kappa shape index (κ3) is 6.62. The zero-order valence-corrected chi connectivity index (χ0v) is 23.0. The van der Waals surface area contributed by atoms with Crippen LogP contribution in [0.5, 0.6) is 11.6 Å². The van der Waals surface area contributed by atoms with Crippen molar-refractivity contribution in [2.45, 2.75) is 50.9 Å². The number of nitrogens with one attached hydrogen (secondary N) is 2. The maximum Gasteiger partial charge on any atom is 0.404 e. The van der Waals surface area contributed by atoms with Crippen molar-refractivity contribution in [2.75, 3.05) is 15.8 Å². The van der Waals surface area contributed by atoms with Crippen molar-refractivity contribution in [1.82, 2.24) is 15.0 Å². The van der Waals surface area contributed by atoms with Gasteiger partial charge in [0.1, 0.15) is 10.6 Å². The zero-order valence-electron chi connectivity index (χ0n) is 21.4. The molecule has 212 valence electrons. The van der Waals surface area contributed by atoms with Crippen LogP contribution < -0.4 is 20.5 Å². The van der Waals surface area contributed by atoms with Gasteiger partial charge in [-0.2, -0.15) is 13.2 Å². The van der Waals surface area contributed by atoms with Crippen molar-refractivity contribution < 1.29 is 26.3 Å². The molecule has 14 heteroatoms. The Morgan fingerprint density at radius 3 is 2.55 bits per heavy atom. The molecule has 0 atom stereocenters. The zero-order chi connectivity index (χ0) is 28.5. The van der Waals surface area contributed by atoms with Crippen LogP contribution in [-0.4, -0.2) is 47.4 Å². The Bertz CT molecular complexity index is 1620. The summed E-state index contributed by atoms with van der Waals surface area (Å²) >= 11 is 1.34. The number of benzene rings is 2. The molecule has 2 heterocycles. The molecule has 9 nitrogen and oxygen atoms in total. The first kappa shape index (κ1) is 28.1. The van der Waals surface area contributed by atoms with Crippen molar-refractivity contribution in [3.05, 3.63) is 53.7 Å². The monoisotopic (exact) mass is 592 g/mol. The molecule has 4 N–H and O–H groups in total. The Morgan fingerprint density at radius 2 is 1.82 bits per heavy atom. The van der Waals surface area contributed by atoms with Gasteiger partial charge in [0.25, 0.3) is 0 Å². The Balaban J connectivity index is 1.43. The number of aryl methyl sites for hydroxylation is 1. The molecule has 0 amide bonds. The molecule has 1 aliphatic rings. The van der Waals surface area contributed by atoms with Gasteiger partial charge in [-0.15, -0.1) is 11.3 Å². The first-order valence-electron chi connectivity index (χ1n) is 12.5. The Labute approximate surface area is 233 Å². The third-order valence-corrected chi connectivity index (χ3v) is 8.60. The van der Waals surface area contributed by atoms with E-state index in [9.17, 15) is 21.6 Å². The van der Waals surface area contributed by atoms with Gasteiger partial charge < -0.3 is 15.8 Å². The molecule has 1 fully saturated rings. The minimum Gasteiger partial charge on any atom is -0.437 e. The van der Waals surface area contributed by atoms with E-state index in [1.807, 2.05) is 0 Å². The number of thiazole rings is 1. The summed E-state index contributed by atoms with van der Waals surface area (Å²) in [6.45, 7) is 1.68. The molecular formula is C26H27F3N6O3S2. The van der Waals surface area contributed by atoms with E-state index in [1.54, 1.807) is 49.0 Å². The van der Waals surface area contributed by atoms with Gasteiger partial charge in [-0.05, 0) is 50.3 Å². The summed E-state index contributed by atoms with van der Waals surface area (Å²) in [4.78, 5) is 14.1. The Morgan fingerprint density at radius 1 is 1.10 bits per heavy atom. The molecule has 0 spiro atoms. The molecule has 4 aromatic rings. The first-order chi connectivity index (χ1) is 19.0. The van der Waals surface area contributed by atoms with Crippen molar-refractivity contribution in [3.8, 4) is 22.2 Å². The number of hydrogen-bond donors (Lipinski definition) is 3. The van der Waals surface area contributed by atoms with E-state index in [1.165, 1.54) is 17.4 Å². The summed E-state index contributed by atoms with van der Waals surface area (Å²) < 4.78 is 71.1. The van der Waals surface area contributed by atoms with E-state index in [-0.39, 0.29) is 23.7 Å². The van der Waals surface area contributed by atoms with Crippen LogP contribution in [0.2, 0.25) is 0 Å². The fourth-order valence-electron chi connectivity index (χ4n) is 4.70. The highest BCUT2D eigenvalue weighted by Crippen LogP contribution is 2.41. The van der Waals surface area contributed by atoms with Crippen LogP contribution in [0, 0.1) is 6.92 Å². The van der Waals surface area contributed by atoms with Crippen LogP contribution in [0.1, 0.15) is 31.2 Å². The molecule has 1 saturated carbocycles. The van der Waals surface area contributed by atoms with Crippen LogP contribution in [0.25, 0.3) is 21.3 Å². The molecule has 2 aromatic heterocycles. The fourth-order valence-corrected chi connectivity index (χ4v) is 6.39. The van der Waals surface area contributed by atoms with E-state index in [0.717, 1.165) is 25.7 Å². The van der Waals surface area contributed by atoms with Crippen LogP contribution in [0.15, 0.2) is 48.1 Å². The number of halogens is 3. The number of anilines is 2. The lowest BCUT2D eigenvalue weighted by Gasteiger charge is -2.26. The average molecular weight is 593 g/mol. The predicted molar refractivity (Wildman–Crippen MR) is 149 cm³/mol. The second-order valence-corrected chi connectivity index (χ2v) is 12.3. The molecule has 0 radical (unpaired) electrons. The summed E-state index contributed by atoms with van der Waals surface area (Å²) in [5.74, 6) is -0.809. The normalized spacial score (nSPS) is 18.0. The van der Waals surface area contributed by atoms with E-state index in [0.29, 0.717) is 38.6 Å². The number of fused-ring (bicyclic) bond motifs is 1. The smallest absolute Gasteiger partial charge is 0.404 e. The van der Waals surface area contributed by atoms with Gasteiger partial charge in [-0.3, -0.25) is 4.72 Å². The number of rotatable bonds is 8. The summed E-state index contributed by atoms with van der Waals surface area (Å²) in [5.41, 5.74) is 8.78. The number of nitrogens with two attached hydrogens (primary N) is 1. The van der Waals surface area contributed by atoms with Gasteiger partial charge in [0.15, 0.2) is 5.75 Å². The van der Waals surface area contributed by atoms with Crippen molar-refractivity contribution in [2.24, 2.45) is 5.73 Å². The lowest BCUT2D eigenvalue weighted by Crippen LogP contribution is -2.33. The molecule has 2 aromatic carbocycles. The highest BCUT2D eigenvalue weighted by atomic mass is 32.2. The summed E-state index contributed by atoms with van der Waals surface area (Å²) in [6, 6.07) is 10.4. The fraction of sp³-hybridized carbons (Fsp3) is 0.346. The first-order valence-corrected chi connectivity index (χ1v) is 15.1. The minimum absolute atomic E-state index is 0.0263. The highest BCUT2D eigenvalue weighted by Gasteiger charge is 2.35. The maximum atomic E-state index is 12.8. The third-order valence-electron chi connectivity index (χ3n) is 6.53. The number of sulfonamides is 1. The summed E-state index contributed by atoms with van der Waals surface area (Å²) in [6.07, 6.45) is 0.559. The lowest BCUT2D eigenvalue weighted by atomic mass is 9.92. The average Bonchev–Trinajstić information content (AvgIpc) is 3.35. The van der Waals surface area contributed by atoms with Gasteiger partial charge >= 0.3 is 6.18 Å². The van der Waals surface area contributed by atoms with Crippen molar-refractivity contribution >= 4 is 43.8 Å². The van der Waals surface area contributed by atoms with Crippen molar-refractivity contribution in [1.29, 1.82) is 0 Å². The number of ether oxygens (including phenoxy) is 1. The van der Waals surface area contributed by atoms with E-state index < -0.39 is 22.0 Å². The topological polar surface area (TPSA) is 132 Å². The van der Waals surface area contributed by atoms with E-state index in [2.05, 4.69) is 25.0 Å². The van der Waals surface area contributed by atoms with Gasteiger partial charge in [-0.1, -0.05) is 24.3 Å². The highest BCUT2D eigenvalue weighted by molar-refractivity contribution is 7.92. The van der Waals surface area contributed by atoms with Gasteiger partial charge in [-0.25, -0.2) is 23.4 Å².